The molecule has 1 rings (SSSR count). The highest BCUT2D eigenvalue weighted by molar-refractivity contribution is 5.77. The van der Waals surface area contributed by atoms with E-state index in [-0.39, 0.29) is 19.1 Å². The van der Waals surface area contributed by atoms with E-state index in [1.807, 2.05) is 50.2 Å². The lowest BCUT2D eigenvalue weighted by atomic mass is 10.1. The zero-order valence-electron chi connectivity index (χ0n) is 11.7. The van der Waals surface area contributed by atoms with Gasteiger partial charge >= 0.3 is 0 Å². The number of aliphatic hydroxyl groups is 1. The summed E-state index contributed by atoms with van der Waals surface area (Å²) in [6.07, 6.45) is -0.707. The second-order valence-corrected chi connectivity index (χ2v) is 4.44. The van der Waals surface area contributed by atoms with E-state index in [0.29, 0.717) is 6.61 Å². The third-order valence-corrected chi connectivity index (χ3v) is 2.72. The van der Waals surface area contributed by atoms with Gasteiger partial charge < -0.3 is 20.1 Å². The van der Waals surface area contributed by atoms with Crippen LogP contribution in [0.4, 0.5) is 5.69 Å². The molecule has 0 saturated carbocycles. The molecular formula is C14H22N2O3. The molecule has 0 aromatic heterocycles. The Bertz CT molecular complexity index is 390. The minimum atomic E-state index is -0.707. The van der Waals surface area contributed by atoms with Crippen LogP contribution in [0.1, 0.15) is 18.6 Å². The smallest absolute Gasteiger partial charge is 0.246 e. The highest BCUT2D eigenvalue weighted by Crippen LogP contribution is 2.17. The van der Waals surface area contributed by atoms with E-state index in [9.17, 15) is 9.90 Å². The van der Waals surface area contributed by atoms with Gasteiger partial charge in [-0.05, 0) is 24.6 Å². The van der Waals surface area contributed by atoms with Crippen LogP contribution >= 0.6 is 0 Å². The number of benzene rings is 1. The van der Waals surface area contributed by atoms with Crippen molar-refractivity contribution in [3.05, 3.63) is 29.8 Å². The van der Waals surface area contributed by atoms with Crippen molar-refractivity contribution in [3.63, 3.8) is 0 Å². The average Bonchev–Trinajstić information content (AvgIpc) is 2.42. The van der Waals surface area contributed by atoms with Gasteiger partial charge in [-0.25, -0.2) is 0 Å². The molecule has 1 atom stereocenters. The van der Waals surface area contributed by atoms with Crippen molar-refractivity contribution in [1.29, 1.82) is 0 Å². The molecule has 19 heavy (non-hydrogen) atoms. The summed E-state index contributed by atoms with van der Waals surface area (Å²) in [6, 6.07) is 7.57. The molecule has 0 saturated heterocycles. The Labute approximate surface area is 114 Å². The summed E-state index contributed by atoms with van der Waals surface area (Å²) in [6.45, 7) is 2.55. The minimum absolute atomic E-state index is 0.0305. The molecular weight excluding hydrogens is 244 g/mol. The van der Waals surface area contributed by atoms with Crippen LogP contribution in [0, 0.1) is 0 Å². The number of nitrogens with one attached hydrogen (secondary N) is 1. The van der Waals surface area contributed by atoms with Gasteiger partial charge in [0.1, 0.15) is 6.61 Å². The maximum atomic E-state index is 11.3. The summed E-state index contributed by atoms with van der Waals surface area (Å²) in [5.74, 6) is -0.217. The van der Waals surface area contributed by atoms with Crippen LogP contribution in [0.5, 0.6) is 0 Å². The van der Waals surface area contributed by atoms with E-state index in [2.05, 4.69) is 5.32 Å². The number of carbonyl (C=O) groups is 1. The van der Waals surface area contributed by atoms with Crippen molar-refractivity contribution in [2.45, 2.75) is 13.0 Å². The number of hydrogen-bond acceptors (Lipinski definition) is 4. The lowest BCUT2D eigenvalue weighted by Gasteiger charge is -2.15. The summed E-state index contributed by atoms with van der Waals surface area (Å²) < 4.78 is 4.98. The van der Waals surface area contributed by atoms with E-state index in [1.54, 1.807) is 0 Å². The van der Waals surface area contributed by atoms with Crippen LogP contribution in [0.2, 0.25) is 0 Å². The van der Waals surface area contributed by atoms with Crippen LogP contribution in [-0.2, 0) is 9.53 Å². The molecule has 0 aliphatic carbocycles. The van der Waals surface area contributed by atoms with E-state index in [0.717, 1.165) is 11.3 Å². The van der Waals surface area contributed by atoms with Gasteiger partial charge in [-0.3, -0.25) is 4.79 Å². The summed E-state index contributed by atoms with van der Waals surface area (Å²) in [7, 11) is 3.92. The van der Waals surface area contributed by atoms with Crippen molar-refractivity contribution in [2.24, 2.45) is 0 Å². The van der Waals surface area contributed by atoms with Crippen LogP contribution < -0.4 is 10.2 Å². The molecule has 0 fully saturated rings. The van der Waals surface area contributed by atoms with Crippen molar-refractivity contribution in [1.82, 2.24) is 5.32 Å². The van der Waals surface area contributed by atoms with Crippen molar-refractivity contribution in [2.75, 3.05) is 38.8 Å². The number of amides is 1. The molecule has 0 heterocycles. The third kappa shape index (κ3) is 5.28. The first-order chi connectivity index (χ1) is 9.04. The van der Waals surface area contributed by atoms with E-state index < -0.39 is 6.10 Å². The number of carbonyl (C=O) groups excluding carboxylic acids is 1. The van der Waals surface area contributed by atoms with Gasteiger partial charge in [0.15, 0.2) is 0 Å². The monoisotopic (exact) mass is 266 g/mol. The molecule has 5 heteroatoms. The molecule has 1 amide bonds. The fraction of sp³-hybridized carbons (Fsp3) is 0.500. The van der Waals surface area contributed by atoms with Crippen molar-refractivity contribution in [3.8, 4) is 0 Å². The number of hydrogen-bond donors (Lipinski definition) is 2. The third-order valence-electron chi connectivity index (χ3n) is 2.72. The first kappa shape index (κ1) is 15.5. The first-order valence-electron chi connectivity index (χ1n) is 6.34. The second kappa shape index (κ2) is 7.76. The lowest BCUT2D eigenvalue weighted by Crippen LogP contribution is -2.31. The Morgan fingerprint density at radius 2 is 2.00 bits per heavy atom. The molecule has 1 aromatic carbocycles. The molecule has 0 bridgehead atoms. The summed E-state index contributed by atoms with van der Waals surface area (Å²) in [4.78, 5) is 13.3. The van der Waals surface area contributed by atoms with Gasteiger partial charge in [-0.2, -0.15) is 0 Å². The molecule has 5 nitrogen and oxygen atoms in total. The van der Waals surface area contributed by atoms with Gasteiger partial charge in [0.25, 0.3) is 0 Å². The predicted molar refractivity (Wildman–Crippen MR) is 75.2 cm³/mol. The number of aliphatic hydroxyl groups excluding tert-OH is 1. The van der Waals surface area contributed by atoms with E-state index >= 15 is 0 Å². The molecule has 0 spiro atoms. The van der Waals surface area contributed by atoms with Crippen molar-refractivity contribution >= 4 is 11.6 Å². The van der Waals surface area contributed by atoms with Crippen LogP contribution in [0.25, 0.3) is 0 Å². The minimum Gasteiger partial charge on any atom is -0.387 e. The zero-order valence-corrected chi connectivity index (χ0v) is 11.7. The molecule has 0 aliphatic rings. The maximum Gasteiger partial charge on any atom is 0.246 e. The summed E-state index contributed by atoms with van der Waals surface area (Å²) in [5, 5.41) is 12.6. The number of rotatable bonds is 7. The van der Waals surface area contributed by atoms with Crippen LogP contribution in [0.3, 0.4) is 0 Å². The largest absolute Gasteiger partial charge is 0.387 e. The Balaban J connectivity index is 2.44. The average molecular weight is 266 g/mol. The highest BCUT2D eigenvalue weighted by atomic mass is 16.5. The van der Waals surface area contributed by atoms with Gasteiger partial charge in [-0.1, -0.05) is 12.1 Å². The molecule has 2 N–H and O–H groups in total. The zero-order chi connectivity index (χ0) is 14.3. The van der Waals surface area contributed by atoms with Crippen LogP contribution in [-0.4, -0.2) is 44.9 Å². The normalized spacial score (nSPS) is 12.0. The Morgan fingerprint density at radius 3 is 2.53 bits per heavy atom. The standard InChI is InChI=1S/C14H22N2O3/c1-4-19-10-14(18)15-9-13(17)11-5-7-12(8-6-11)16(2)3/h5-8,13,17H,4,9-10H2,1-3H3,(H,15,18)/t13-/m1/s1. The fourth-order valence-electron chi connectivity index (χ4n) is 1.57. The maximum absolute atomic E-state index is 11.3. The Morgan fingerprint density at radius 1 is 1.37 bits per heavy atom. The number of ether oxygens (including phenoxy) is 1. The number of nitrogens with zero attached hydrogens (tertiary/aromatic N) is 1. The lowest BCUT2D eigenvalue weighted by molar-refractivity contribution is -0.126. The first-order valence-corrected chi connectivity index (χ1v) is 6.34. The molecule has 0 aliphatic heterocycles. The van der Waals surface area contributed by atoms with Gasteiger partial charge in [-0.15, -0.1) is 0 Å². The number of anilines is 1. The Hall–Kier alpha value is -1.59. The fourth-order valence-corrected chi connectivity index (χ4v) is 1.57. The molecule has 1 aromatic rings. The molecule has 0 unspecified atom stereocenters. The second-order valence-electron chi connectivity index (χ2n) is 4.44. The van der Waals surface area contributed by atoms with Gasteiger partial charge in [0.2, 0.25) is 5.91 Å². The topological polar surface area (TPSA) is 61.8 Å². The molecule has 0 radical (unpaired) electrons. The van der Waals surface area contributed by atoms with E-state index in [1.165, 1.54) is 0 Å². The SMILES string of the molecule is CCOCC(=O)NC[C@@H](O)c1ccc(N(C)C)cc1. The van der Waals surface area contributed by atoms with Crippen LogP contribution in [0.15, 0.2) is 24.3 Å². The van der Waals surface area contributed by atoms with E-state index in [4.69, 9.17) is 4.74 Å². The van der Waals surface area contributed by atoms with Crippen molar-refractivity contribution < 1.29 is 14.6 Å². The van der Waals surface area contributed by atoms with Gasteiger partial charge in [0, 0.05) is 32.9 Å². The summed E-state index contributed by atoms with van der Waals surface area (Å²) in [5.41, 5.74) is 1.85. The quantitative estimate of drug-likeness (QED) is 0.771. The predicted octanol–water partition coefficient (Wildman–Crippen LogP) is 0.939. The Kier molecular flexibility index (Phi) is 6.32. The van der Waals surface area contributed by atoms with Gasteiger partial charge in [0.05, 0.1) is 6.10 Å². The molecule has 106 valence electrons. The summed E-state index contributed by atoms with van der Waals surface area (Å²) >= 11 is 0. The highest BCUT2D eigenvalue weighted by Gasteiger charge is 2.09.